The second-order valence-electron chi connectivity index (χ2n) is 6.61. The van der Waals surface area contributed by atoms with Gasteiger partial charge in [0.2, 0.25) is 5.91 Å². The van der Waals surface area contributed by atoms with Gasteiger partial charge in [0.05, 0.1) is 16.8 Å². The summed E-state index contributed by atoms with van der Waals surface area (Å²) in [5, 5.41) is 2.85. The molecule has 2 aromatic carbocycles. The van der Waals surface area contributed by atoms with Crippen molar-refractivity contribution in [2.45, 2.75) is 37.1 Å². The zero-order chi connectivity index (χ0) is 18.8. The van der Waals surface area contributed by atoms with E-state index in [2.05, 4.69) is 9.88 Å². The van der Waals surface area contributed by atoms with Crippen molar-refractivity contribution < 1.29 is 13.6 Å². The number of carbonyl (C=O) groups is 1. The standard InChI is InChI=1S/C20H19F2N3OS/c21-15-7-6-14(11-16(15)22)27-12-20(26)23-13-5-8-18-17(10-13)24-19-4-2-1-3-9-25(18)19/h5-8,10-11H,1-4,9,12H2,(H,23,26). The molecular weight excluding hydrogens is 368 g/mol. The van der Waals surface area contributed by atoms with Crippen LogP contribution < -0.4 is 5.32 Å². The van der Waals surface area contributed by atoms with Gasteiger partial charge in [0.1, 0.15) is 5.82 Å². The third-order valence-corrected chi connectivity index (χ3v) is 5.65. The van der Waals surface area contributed by atoms with Crippen LogP contribution in [0.3, 0.4) is 0 Å². The van der Waals surface area contributed by atoms with Crippen molar-refractivity contribution >= 4 is 34.4 Å². The van der Waals surface area contributed by atoms with Crippen LogP contribution in [-0.4, -0.2) is 21.2 Å². The fourth-order valence-electron chi connectivity index (χ4n) is 3.34. The van der Waals surface area contributed by atoms with E-state index in [9.17, 15) is 13.6 Å². The summed E-state index contributed by atoms with van der Waals surface area (Å²) in [6.07, 6.45) is 4.54. The Bertz CT molecular complexity index is 1000. The number of nitrogens with one attached hydrogen (secondary N) is 1. The van der Waals surface area contributed by atoms with Crippen molar-refractivity contribution in [3.05, 3.63) is 53.9 Å². The Balaban J connectivity index is 1.43. The van der Waals surface area contributed by atoms with Crippen molar-refractivity contribution in [3.63, 3.8) is 0 Å². The van der Waals surface area contributed by atoms with Gasteiger partial charge in [-0.05, 0) is 49.2 Å². The molecule has 0 atom stereocenters. The number of fused-ring (bicyclic) bond motifs is 3. The third-order valence-electron chi connectivity index (χ3n) is 4.65. The first-order valence-electron chi connectivity index (χ1n) is 8.97. The quantitative estimate of drug-likeness (QED) is 0.656. The minimum atomic E-state index is -0.912. The van der Waals surface area contributed by atoms with E-state index in [1.54, 1.807) is 0 Å². The van der Waals surface area contributed by atoms with Gasteiger partial charge in [0.15, 0.2) is 11.6 Å². The van der Waals surface area contributed by atoms with Crippen LogP contribution in [0.5, 0.6) is 0 Å². The first-order chi connectivity index (χ1) is 13.1. The molecule has 1 aliphatic heterocycles. The molecule has 0 bridgehead atoms. The third kappa shape index (κ3) is 3.98. The molecule has 1 aromatic heterocycles. The van der Waals surface area contributed by atoms with Crippen LogP contribution in [0.4, 0.5) is 14.5 Å². The molecule has 0 fully saturated rings. The molecule has 1 N–H and O–H groups in total. The van der Waals surface area contributed by atoms with Crippen LogP contribution in [0.15, 0.2) is 41.3 Å². The smallest absolute Gasteiger partial charge is 0.234 e. The normalized spacial score (nSPS) is 14.0. The SMILES string of the molecule is O=C(CSc1ccc(F)c(F)c1)Nc1ccc2c(c1)nc1n2CCCCC1. The molecule has 4 nitrogen and oxygen atoms in total. The number of anilines is 1. The summed E-state index contributed by atoms with van der Waals surface area (Å²) in [6, 6.07) is 9.37. The largest absolute Gasteiger partial charge is 0.328 e. The molecule has 27 heavy (non-hydrogen) atoms. The van der Waals surface area contributed by atoms with Crippen molar-refractivity contribution in [1.29, 1.82) is 0 Å². The van der Waals surface area contributed by atoms with Gasteiger partial charge in [-0.15, -0.1) is 11.8 Å². The number of amides is 1. The molecule has 0 saturated heterocycles. The van der Waals surface area contributed by atoms with E-state index in [0.29, 0.717) is 10.6 Å². The summed E-state index contributed by atoms with van der Waals surface area (Å²) < 4.78 is 28.4. The van der Waals surface area contributed by atoms with Gasteiger partial charge in [-0.1, -0.05) is 6.42 Å². The Kier molecular flexibility index (Phi) is 5.11. The van der Waals surface area contributed by atoms with Crippen LogP contribution in [0.2, 0.25) is 0 Å². The minimum absolute atomic E-state index is 0.114. The number of benzene rings is 2. The maximum Gasteiger partial charge on any atom is 0.234 e. The predicted molar refractivity (Wildman–Crippen MR) is 103 cm³/mol. The van der Waals surface area contributed by atoms with E-state index in [1.807, 2.05) is 18.2 Å². The summed E-state index contributed by atoms with van der Waals surface area (Å²) in [5.41, 5.74) is 2.67. The minimum Gasteiger partial charge on any atom is -0.328 e. The maximum atomic E-state index is 13.2. The van der Waals surface area contributed by atoms with Gasteiger partial charge in [0.25, 0.3) is 0 Å². The molecule has 7 heteroatoms. The number of imidazole rings is 1. The number of rotatable bonds is 4. The van der Waals surface area contributed by atoms with Gasteiger partial charge in [-0.3, -0.25) is 4.79 Å². The van der Waals surface area contributed by atoms with Crippen LogP contribution in [0.25, 0.3) is 11.0 Å². The molecule has 0 unspecified atom stereocenters. The summed E-state index contributed by atoms with van der Waals surface area (Å²) in [4.78, 5) is 17.4. The lowest BCUT2D eigenvalue weighted by Gasteiger charge is -2.07. The van der Waals surface area contributed by atoms with E-state index in [4.69, 9.17) is 4.98 Å². The predicted octanol–water partition coefficient (Wildman–Crippen LogP) is 4.77. The molecule has 1 aliphatic rings. The number of aromatic nitrogens is 2. The Hall–Kier alpha value is -2.41. The lowest BCUT2D eigenvalue weighted by Crippen LogP contribution is -2.13. The molecular formula is C20H19F2N3OS. The second-order valence-corrected chi connectivity index (χ2v) is 7.66. The molecule has 0 radical (unpaired) electrons. The first-order valence-corrected chi connectivity index (χ1v) is 9.95. The molecule has 1 amide bonds. The monoisotopic (exact) mass is 387 g/mol. The number of carbonyl (C=O) groups excluding carboxylic acids is 1. The maximum absolute atomic E-state index is 13.2. The zero-order valence-electron chi connectivity index (χ0n) is 14.7. The van der Waals surface area contributed by atoms with Crippen molar-refractivity contribution in [2.75, 3.05) is 11.1 Å². The van der Waals surface area contributed by atoms with E-state index in [-0.39, 0.29) is 11.7 Å². The van der Waals surface area contributed by atoms with Crippen molar-refractivity contribution in [2.24, 2.45) is 0 Å². The summed E-state index contributed by atoms with van der Waals surface area (Å²) in [5.74, 6) is -0.784. The number of nitrogens with zero attached hydrogens (tertiary/aromatic N) is 2. The van der Waals surface area contributed by atoms with E-state index < -0.39 is 11.6 Å². The van der Waals surface area contributed by atoms with E-state index in [1.165, 1.54) is 12.5 Å². The Labute approximate surface area is 160 Å². The highest BCUT2D eigenvalue weighted by molar-refractivity contribution is 8.00. The second kappa shape index (κ2) is 7.68. The highest BCUT2D eigenvalue weighted by Crippen LogP contribution is 2.25. The Morgan fingerprint density at radius 3 is 2.85 bits per heavy atom. The fraction of sp³-hybridized carbons (Fsp3) is 0.300. The van der Waals surface area contributed by atoms with Crippen molar-refractivity contribution in [3.8, 4) is 0 Å². The molecule has 140 valence electrons. The summed E-state index contributed by atoms with van der Waals surface area (Å²) >= 11 is 1.16. The number of aryl methyl sites for hydroxylation is 2. The average molecular weight is 387 g/mol. The van der Waals surface area contributed by atoms with Gasteiger partial charge < -0.3 is 9.88 Å². The molecule has 4 rings (SSSR count). The highest BCUT2D eigenvalue weighted by atomic mass is 32.2. The molecule has 0 spiro atoms. The molecule has 0 saturated carbocycles. The molecule has 3 aromatic rings. The zero-order valence-corrected chi connectivity index (χ0v) is 15.5. The van der Waals surface area contributed by atoms with E-state index in [0.717, 1.165) is 66.6 Å². The van der Waals surface area contributed by atoms with Crippen LogP contribution in [0.1, 0.15) is 25.1 Å². The van der Waals surface area contributed by atoms with Crippen LogP contribution >= 0.6 is 11.8 Å². The lowest BCUT2D eigenvalue weighted by molar-refractivity contribution is -0.113. The lowest BCUT2D eigenvalue weighted by atomic mass is 10.2. The number of hydrogen-bond donors (Lipinski definition) is 1. The number of hydrogen-bond acceptors (Lipinski definition) is 3. The summed E-state index contributed by atoms with van der Waals surface area (Å²) in [6.45, 7) is 0.989. The summed E-state index contributed by atoms with van der Waals surface area (Å²) in [7, 11) is 0. The first kappa shape index (κ1) is 18.0. The highest BCUT2D eigenvalue weighted by Gasteiger charge is 2.14. The Morgan fingerprint density at radius 1 is 1.11 bits per heavy atom. The van der Waals surface area contributed by atoms with Gasteiger partial charge >= 0.3 is 0 Å². The fourth-order valence-corrected chi connectivity index (χ4v) is 4.06. The van der Waals surface area contributed by atoms with Crippen LogP contribution in [-0.2, 0) is 17.8 Å². The van der Waals surface area contributed by atoms with E-state index >= 15 is 0 Å². The Morgan fingerprint density at radius 2 is 2.00 bits per heavy atom. The van der Waals surface area contributed by atoms with Crippen molar-refractivity contribution in [1.82, 2.24) is 9.55 Å². The molecule has 2 heterocycles. The number of halogens is 2. The number of thioether (sulfide) groups is 1. The van der Waals surface area contributed by atoms with Gasteiger partial charge in [-0.2, -0.15) is 0 Å². The van der Waals surface area contributed by atoms with Crippen LogP contribution in [0, 0.1) is 11.6 Å². The van der Waals surface area contributed by atoms with Gasteiger partial charge in [0, 0.05) is 23.5 Å². The van der Waals surface area contributed by atoms with Gasteiger partial charge in [-0.25, -0.2) is 13.8 Å². The topological polar surface area (TPSA) is 46.9 Å². The molecule has 0 aliphatic carbocycles. The average Bonchev–Trinajstić information content (AvgIpc) is 2.83.